The monoisotopic (exact) mass is 306 g/mol. The van der Waals surface area contributed by atoms with Crippen LogP contribution in [0.15, 0.2) is 11.5 Å². The van der Waals surface area contributed by atoms with Crippen LogP contribution in [0.4, 0.5) is 5.82 Å². The van der Waals surface area contributed by atoms with Gasteiger partial charge in [-0.05, 0) is 19.4 Å². The van der Waals surface area contributed by atoms with Crippen molar-refractivity contribution in [1.29, 1.82) is 0 Å². The van der Waals surface area contributed by atoms with E-state index in [9.17, 15) is 0 Å². The molecule has 0 amide bonds. The molecular weight excluding hydrogens is 292 g/mol. The van der Waals surface area contributed by atoms with Gasteiger partial charge in [0.1, 0.15) is 22.8 Å². The van der Waals surface area contributed by atoms with Crippen molar-refractivity contribution >= 4 is 39.1 Å². The quantitative estimate of drug-likeness (QED) is 0.590. The molecule has 0 aromatic carbocycles. The van der Waals surface area contributed by atoms with Gasteiger partial charge in [-0.25, -0.2) is 15.0 Å². The van der Waals surface area contributed by atoms with Crippen LogP contribution >= 0.6 is 23.1 Å². The first-order chi connectivity index (χ1) is 9.56. The largest absolute Gasteiger partial charge is 0.383 e. The SMILES string of the molecule is Cc1sc2nc(SCc3ncnn3C)nc(N)c2c1C. The Morgan fingerprint density at radius 2 is 2.15 bits per heavy atom. The third-order valence-corrected chi connectivity index (χ3v) is 5.12. The summed E-state index contributed by atoms with van der Waals surface area (Å²) in [5, 5.41) is 5.70. The zero-order valence-electron chi connectivity index (χ0n) is 11.4. The highest BCUT2D eigenvalue weighted by Gasteiger charge is 2.13. The highest BCUT2D eigenvalue weighted by molar-refractivity contribution is 7.98. The first kappa shape index (κ1) is 13.3. The van der Waals surface area contributed by atoms with Crippen LogP contribution < -0.4 is 5.73 Å². The number of thioether (sulfide) groups is 1. The predicted molar refractivity (Wildman–Crippen MR) is 81.9 cm³/mol. The molecule has 0 saturated heterocycles. The molecule has 2 N–H and O–H groups in total. The van der Waals surface area contributed by atoms with Crippen molar-refractivity contribution in [2.45, 2.75) is 24.8 Å². The van der Waals surface area contributed by atoms with Gasteiger partial charge in [-0.2, -0.15) is 5.10 Å². The molecule has 0 aliphatic carbocycles. The smallest absolute Gasteiger partial charge is 0.191 e. The lowest BCUT2D eigenvalue weighted by Crippen LogP contribution is -1.99. The molecule has 0 fully saturated rings. The van der Waals surface area contributed by atoms with Crippen molar-refractivity contribution in [3.8, 4) is 0 Å². The van der Waals surface area contributed by atoms with Crippen molar-refractivity contribution in [1.82, 2.24) is 24.7 Å². The first-order valence-corrected chi connectivity index (χ1v) is 7.85. The molecule has 0 unspecified atom stereocenters. The van der Waals surface area contributed by atoms with Crippen LogP contribution in [0.25, 0.3) is 10.2 Å². The van der Waals surface area contributed by atoms with Gasteiger partial charge in [-0.3, -0.25) is 4.68 Å². The minimum absolute atomic E-state index is 0.553. The molecule has 0 aliphatic rings. The second-order valence-electron chi connectivity index (χ2n) is 4.44. The van der Waals surface area contributed by atoms with Gasteiger partial charge in [0.05, 0.1) is 11.1 Å². The Labute approximate surface area is 124 Å². The van der Waals surface area contributed by atoms with Crippen LogP contribution in [0.1, 0.15) is 16.3 Å². The standard InChI is InChI=1S/C12H14N6S2/c1-6-7(2)20-11-9(6)10(13)16-12(17-11)19-4-8-14-5-15-18(8)3/h5H,4H2,1-3H3,(H2,13,16,17). The van der Waals surface area contributed by atoms with Crippen LogP contribution in [0.2, 0.25) is 0 Å². The number of nitrogens with two attached hydrogens (primary N) is 1. The molecule has 6 nitrogen and oxygen atoms in total. The van der Waals surface area contributed by atoms with Crippen LogP contribution in [-0.2, 0) is 12.8 Å². The third kappa shape index (κ3) is 2.25. The number of nitrogens with zero attached hydrogens (tertiary/aromatic N) is 5. The summed E-state index contributed by atoms with van der Waals surface area (Å²) >= 11 is 3.17. The van der Waals surface area contributed by atoms with Gasteiger partial charge in [-0.15, -0.1) is 11.3 Å². The van der Waals surface area contributed by atoms with Crippen LogP contribution in [0, 0.1) is 13.8 Å². The van der Waals surface area contributed by atoms with Gasteiger partial charge in [0.15, 0.2) is 5.16 Å². The number of aryl methyl sites for hydroxylation is 3. The fourth-order valence-corrected chi connectivity index (χ4v) is 3.84. The first-order valence-electron chi connectivity index (χ1n) is 6.05. The number of fused-ring (bicyclic) bond motifs is 1. The highest BCUT2D eigenvalue weighted by Crippen LogP contribution is 2.33. The van der Waals surface area contributed by atoms with E-state index in [1.807, 2.05) is 7.05 Å². The van der Waals surface area contributed by atoms with E-state index in [0.717, 1.165) is 16.0 Å². The summed E-state index contributed by atoms with van der Waals surface area (Å²) in [4.78, 5) is 15.3. The maximum Gasteiger partial charge on any atom is 0.191 e. The molecule has 0 radical (unpaired) electrons. The number of aromatic nitrogens is 5. The predicted octanol–water partition coefficient (Wildman–Crippen LogP) is 2.31. The topological polar surface area (TPSA) is 82.5 Å². The summed E-state index contributed by atoms with van der Waals surface area (Å²) in [6.45, 7) is 4.13. The fourth-order valence-electron chi connectivity index (χ4n) is 1.90. The van der Waals surface area contributed by atoms with Gasteiger partial charge in [0.25, 0.3) is 0 Å². The second kappa shape index (κ2) is 5.02. The average molecular weight is 306 g/mol. The lowest BCUT2D eigenvalue weighted by molar-refractivity contribution is 0.729. The van der Waals surface area contributed by atoms with E-state index >= 15 is 0 Å². The second-order valence-corrected chi connectivity index (χ2v) is 6.59. The minimum atomic E-state index is 0.553. The molecule has 0 aliphatic heterocycles. The molecule has 0 saturated carbocycles. The van der Waals surface area contributed by atoms with Gasteiger partial charge in [-0.1, -0.05) is 11.8 Å². The van der Waals surface area contributed by atoms with E-state index in [4.69, 9.17) is 5.73 Å². The molecular formula is C12H14N6S2. The Kier molecular flexibility index (Phi) is 3.35. The number of anilines is 1. The summed E-state index contributed by atoms with van der Waals surface area (Å²) < 4.78 is 1.74. The zero-order valence-corrected chi connectivity index (χ0v) is 13.0. The Morgan fingerprint density at radius 1 is 1.35 bits per heavy atom. The van der Waals surface area contributed by atoms with Crippen molar-refractivity contribution in [2.24, 2.45) is 7.05 Å². The van der Waals surface area contributed by atoms with Crippen molar-refractivity contribution in [2.75, 3.05) is 5.73 Å². The van der Waals surface area contributed by atoms with Gasteiger partial charge in [0.2, 0.25) is 0 Å². The van der Waals surface area contributed by atoms with E-state index in [1.165, 1.54) is 22.2 Å². The fraction of sp³-hybridized carbons (Fsp3) is 0.333. The number of hydrogen-bond donors (Lipinski definition) is 1. The number of nitrogen functional groups attached to an aromatic ring is 1. The molecule has 104 valence electrons. The Balaban J connectivity index is 1.91. The van der Waals surface area contributed by atoms with E-state index in [1.54, 1.807) is 22.3 Å². The maximum absolute atomic E-state index is 6.06. The number of rotatable bonds is 3. The molecule has 8 heteroatoms. The van der Waals surface area contributed by atoms with E-state index in [2.05, 4.69) is 33.9 Å². The third-order valence-electron chi connectivity index (χ3n) is 3.17. The van der Waals surface area contributed by atoms with E-state index in [-0.39, 0.29) is 0 Å². The molecule has 3 aromatic heterocycles. The molecule has 3 heterocycles. The number of hydrogen-bond acceptors (Lipinski definition) is 7. The lowest BCUT2D eigenvalue weighted by atomic mass is 10.2. The van der Waals surface area contributed by atoms with Gasteiger partial charge < -0.3 is 5.73 Å². The number of thiophene rings is 1. The van der Waals surface area contributed by atoms with Gasteiger partial charge in [0, 0.05) is 11.9 Å². The van der Waals surface area contributed by atoms with Crippen molar-refractivity contribution in [3.05, 3.63) is 22.6 Å². The molecule has 0 bridgehead atoms. The van der Waals surface area contributed by atoms with Gasteiger partial charge >= 0.3 is 0 Å². The summed E-state index contributed by atoms with van der Waals surface area (Å²) in [6.07, 6.45) is 1.54. The zero-order chi connectivity index (χ0) is 14.3. The van der Waals surface area contributed by atoms with Crippen LogP contribution in [-0.4, -0.2) is 24.7 Å². The molecule has 3 rings (SSSR count). The van der Waals surface area contributed by atoms with Crippen LogP contribution in [0.5, 0.6) is 0 Å². The van der Waals surface area contributed by atoms with Crippen LogP contribution in [0.3, 0.4) is 0 Å². The average Bonchev–Trinajstić information content (AvgIpc) is 2.92. The molecule has 0 atom stereocenters. The summed E-state index contributed by atoms with van der Waals surface area (Å²) in [6, 6.07) is 0. The summed E-state index contributed by atoms with van der Waals surface area (Å²) in [7, 11) is 1.87. The Hall–Kier alpha value is -1.67. The molecule has 20 heavy (non-hydrogen) atoms. The Bertz CT molecular complexity index is 776. The lowest BCUT2D eigenvalue weighted by Gasteiger charge is -2.03. The van der Waals surface area contributed by atoms with Crippen molar-refractivity contribution in [3.63, 3.8) is 0 Å². The van der Waals surface area contributed by atoms with E-state index in [0.29, 0.717) is 16.7 Å². The summed E-state index contributed by atoms with van der Waals surface area (Å²) in [5.74, 6) is 2.11. The molecule has 0 spiro atoms. The summed E-state index contributed by atoms with van der Waals surface area (Å²) in [5.41, 5.74) is 7.23. The van der Waals surface area contributed by atoms with Crippen molar-refractivity contribution < 1.29 is 0 Å². The van der Waals surface area contributed by atoms with E-state index < -0.39 is 0 Å². The maximum atomic E-state index is 6.06. The normalized spacial score (nSPS) is 11.3. The Morgan fingerprint density at radius 3 is 2.85 bits per heavy atom. The minimum Gasteiger partial charge on any atom is -0.383 e. The molecule has 3 aromatic rings. The highest BCUT2D eigenvalue weighted by atomic mass is 32.2.